The zero-order chi connectivity index (χ0) is 10.1. The molecule has 0 saturated heterocycles. The second-order valence-electron chi connectivity index (χ2n) is 3.77. The summed E-state index contributed by atoms with van der Waals surface area (Å²) in [6.45, 7) is 2.71. The average molecular weight is 189 g/mol. The summed E-state index contributed by atoms with van der Waals surface area (Å²) in [6, 6.07) is 5.58. The lowest BCUT2D eigenvalue weighted by Gasteiger charge is -2.20. The van der Waals surface area contributed by atoms with Crippen LogP contribution in [0.25, 0.3) is 5.57 Å². The second kappa shape index (κ2) is 3.46. The Morgan fingerprint density at radius 2 is 2.14 bits per heavy atom. The highest BCUT2D eigenvalue weighted by atomic mass is 16.3. The van der Waals surface area contributed by atoms with Crippen molar-refractivity contribution in [1.82, 2.24) is 0 Å². The molecule has 0 fully saturated rings. The quantitative estimate of drug-likeness (QED) is 0.710. The van der Waals surface area contributed by atoms with E-state index in [4.69, 9.17) is 5.73 Å². The Kier molecular flexibility index (Phi) is 2.30. The molecule has 3 N–H and O–H groups in total. The van der Waals surface area contributed by atoms with Crippen molar-refractivity contribution in [3.63, 3.8) is 0 Å². The number of aryl methyl sites for hydroxylation is 1. The van der Waals surface area contributed by atoms with Crippen LogP contribution in [-0.4, -0.2) is 11.7 Å². The predicted octanol–water partition coefficient (Wildman–Crippen LogP) is 2.07. The summed E-state index contributed by atoms with van der Waals surface area (Å²) in [4.78, 5) is 0. The second-order valence-corrected chi connectivity index (χ2v) is 3.77. The summed E-state index contributed by atoms with van der Waals surface area (Å²) >= 11 is 0. The number of nitrogens with two attached hydrogens (primary N) is 1. The molecule has 1 aliphatic carbocycles. The van der Waals surface area contributed by atoms with Crippen LogP contribution in [0.1, 0.15) is 24.5 Å². The number of phenolic OH excluding ortho intramolecular Hbond substituents is 1. The zero-order valence-electron chi connectivity index (χ0n) is 8.38. The zero-order valence-corrected chi connectivity index (χ0v) is 8.38. The van der Waals surface area contributed by atoms with E-state index < -0.39 is 0 Å². The summed E-state index contributed by atoms with van der Waals surface area (Å²) in [5.74, 6) is 0.335. The van der Waals surface area contributed by atoms with Crippen molar-refractivity contribution in [3.05, 3.63) is 34.9 Å². The van der Waals surface area contributed by atoms with Gasteiger partial charge in [0, 0.05) is 6.54 Å². The molecular formula is C12H15NO. The molecule has 2 nitrogen and oxygen atoms in total. The molecule has 74 valence electrons. The third-order valence-electron chi connectivity index (χ3n) is 2.97. The molecule has 0 radical (unpaired) electrons. The molecule has 1 aromatic rings. The van der Waals surface area contributed by atoms with E-state index in [2.05, 4.69) is 6.92 Å². The monoisotopic (exact) mass is 189 g/mol. The smallest absolute Gasteiger partial charge is 0.116 e. The maximum Gasteiger partial charge on any atom is 0.116 e. The van der Waals surface area contributed by atoms with Gasteiger partial charge in [-0.05, 0) is 48.6 Å². The van der Waals surface area contributed by atoms with Gasteiger partial charge >= 0.3 is 0 Å². The maximum absolute atomic E-state index is 9.41. The van der Waals surface area contributed by atoms with E-state index in [9.17, 15) is 5.11 Å². The largest absolute Gasteiger partial charge is 0.508 e. The fourth-order valence-corrected chi connectivity index (χ4v) is 2.05. The molecule has 0 bridgehead atoms. The van der Waals surface area contributed by atoms with Crippen LogP contribution in [0.4, 0.5) is 0 Å². The summed E-state index contributed by atoms with van der Waals surface area (Å²) < 4.78 is 0. The van der Waals surface area contributed by atoms with Gasteiger partial charge < -0.3 is 10.8 Å². The molecule has 2 heteroatoms. The molecule has 0 atom stereocenters. The van der Waals surface area contributed by atoms with Crippen LogP contribution in [0.5, 0.6) is 5.75 Å². The van der Waals surface area contributed by atoms with Crippen LogP contribution in [-0.2, 0) is 6.42 Å². The highest BCUT2D eigenvalue weighted by molar-refractivity contribution is 5.72. The molecule has 0 aliphatic heterocycles. The van der Waals surface area contributed by atoms with E-state index in [1.54, 1.807) is 6.07 Å². The van der Waals surface area contributed by atoms with Crippen molar-refractivity contribution < 1.29 is 5.11 Å². The predicted molar refractivity (Wildman–Crippen MR) is 58.1 cm³/mol. The topological polar surface area (TPSA) is 46.2 Å². The van der Waals surface area contributed by atoms with Crippen molar-refractivity contribution in [2.24, 2.45) is 5.73 Å². The molecule has 0 aromatic heterocycles. The van der Waals surface area contributed by atoms with Gasteiger partial charge in [-0.25, -0.2) is 0 Å². The first-order chi connectivity index (χ1) is 6.72. The Morgan fingerprint density at radius 3 is 2.86 bits per heavy atom. The van der Waals surface area contributed by atoms with Crippen LogP contribution >= 0.6 is 0 Å². The Balaban J connectivity index is 2.55. The van der Waals surface area contributed by atoms with Crippen molar-refractivity contribution >= 4 is 5.57 Å². The van der Waals surface area contributed by atoms with Gasteiger partial charge in [-0.1, -0.05) is 11.6 Å². The molecule has 2 rings (SSSR count). The molecule has 0 unspecified atom stereocenters. The van der Waals surface area contributed by atoms with E-state index in [0.717, 1.165) is 18.4 Å². The summed E-state index contributed by atoms with van der Waals surface area (Å²) in [7, 11) is 0. The third kappa shape index (κ3) is 1.42. The number of fused-ring (bicyclic) bond motifs is 1. The van der Waals surface area contributed by atoms with Gasteiger partial charge in [-0.2, -0.15) is 0 Å². The summed E-state index contributed by atoms with van der Waals surface area (Å²) in [6.07, 6.45) is 2.10. The molecule has 0 amide bonds. The van der Waals surface area contributed by atoms with Gasteiger partial charge in [0.1, 0.15) is 5.75 Å². The normalized spacial score (nSPS) is 15.6. The van der Waals surface area contributed by atoms with Crippen molar-refractivity contribution in [2.45, 2.75) is 19.8 Å². The Labute approximate surface area is 84.1 Å². The summed E-state index contributed by atoms with van der Waals surface area (Å²) in [5.41, 5.74) is 10.7. The van der Waals surface area contributed by atoms with E-state index >= 15 is 0 Å². The van der Waals surface area contributed by atoms with Gasteiger partial charge in [0.25, 0.3) is 0 Å². The summed E-state index contributed by atoms with van der Waals surface area (Å²) in [5, 5.41) is 9.41. The SMILES string of the molecule is CC1=C(CN)CCc2ccc(O)cc21. The van der Waals surface area contributed by atoms with Crippen molar-refractivity contribution in [1.29, 1.82) is 0 Å². The van der Waals surface area contributed by atoms with Gasteiger partial charge in [-0.15, -0.1) is 0 Å². The highest BCUT2D eigenvalue weighted by Crippen LogP contribution is 2.32. The number of phenols is 1. The molecular weight excluding hydrogens is 174 g/mol. The van der Waals surface area contributed by atoms with Crippen LogP contribution < -0.4 is 5.73 Å². The van der Waals surface area contributed by atoms with Crippen LogP contribution in [0.3, 0.4) is 0 Å². The number of allylic oxidation sites excluding steroid dienone is 1. The molecule has 1 aliphatic rings. The van der Waals surface area contributed by atoms with Crippen LogP contribution in [0.15, 0.2) is 23.8 Å². The van der Waals surface area contributed by atoms with E-state index in [0.29, 0.717) is 12.3 Å². The Hall–Kier alpha value is -1.28. The first-order valence-electron chi connectivity index (χ1n) is 4.93. The highest BCUT2D eigenvalue weighted by Gasteiger charge is 2.14. The molecule has 14 heavy (non-hydrogen) atoms. The minimum atomic E-state index is 0.335. The van der Waals surface area contributed by atoms with E-state index in [-0.39, 0.29) is 0 Å². The van der Waals surface area contributed by atoms with Gasteiger partial charge in [0.2, 0.25) is 0 Å². The molecule has 0 saturated carbocycles. The average Bonchev–Trinajstić information content (AvgIpc) is 2.20. The first kappa shape index (κ1) is 9.28. The third-order valence-corrected chi connectivity index (χ3v) is 2.97. The lowest BCUT2D eigenvalue weighted by Crippen LogP contribution is -2.11. The number of hydrogen-bond donors (Lipinski definition) is 2. The first-order valence-corrected chi connectivity index (χ1v) is 4.93. The van der Waals surface area contributed by atoms with Crippen molar-refractivity contribution in [2.75, 3.05) is 6.54 Å². The molecule has 0 spiro atoms. The maximum atomic E-state index is 9.41. The fraction of sp³-hybridized carbons (Fsp3) is 0.333. The Morgan fingerprint density at radius 1 is 1.36 bits per heavy atom. The lowest BCUT2D eigenvalue weighted by molar-refractivity contribution is 0.474. The Bertz CT molecular complexity index is 393. The van der Waals surface area contributed by atoms with Crippen LogP contribution in [0.2, 0.25) is 0 Å². The minimum Gasteiger partial charge on any atom is -0.508 e. The number of rotatable bonds is 1. The van der Waals surface area contributed by atoms with Gasteiger partial charge in [-0.3, -0.25) is 0 Å². The van der Waals surface area contributed by atoms with Crippen molar-refractivity contribution in [3.8, 4) is 5.75 Å². The van der Waals surface area contributed by atoms with Gasteiger partial charge in [0.05, 0.1) is 0 Å². The van der Waals surface area contributed by atoms with E-state index in [1.807, 2.05) is 12.1 Å². The number of benzene rings is 1. The minimum absolute atomic E-state index is 0.335. The molecule has 0 heterocycles. The van der Waals surface area contributed by atoms with Crippen LogP contribution in [0, 0.1) is 0 Å². The van der Waals surface area contributed by atoms with E-state index in [1.165, 1.54) is 16.7 Å². The van der Waals surface area contributed by atoms with Gasteiger partial charge in [0.15, 0.2) is 0 Å². The fourth-order valence-electron chi connectivity index (χ4n) is 2.05. The lowest BCUT2D eigenvalue weighted by atomic mass is 9.86. The number of hydrogen-bond acceptors (Lipinski definition) is 2. The molecule has 1 aromatic carbocycles. The number of aromatic hydroxyl groups is 1. The standard InChI is InChI=1S/C12H15NO/c1-8-10(7-13)3-2-9-4-5-11(14)6-12(8)9/h4-6,14H,2-3,7,13H2,1H3.